The molecular formula is C17H18ClNO. The van der Waals surface area contributed by atoms with Crippen LogP contribution < -0.4 is 5.32 Å². The Bertz CT molecular complexity index is 639. The van der Waals surface area contributed by atoms with Crippen LogP contribution in [0.25, 0.3) is 0 Å². The van der Waals surface area contributed by atoms with E-state index in [9.17, 15) is 5.11 Å². The zero-order chi connectivity index (χ0) is 14.1. The summed E-state index contributed by atoms with van der Waals surface area (Å²) in [5.74, 6) is 0.345. The molecule has 1 aliphatic rings. The van der Waals surface area contributed by atoms with Crippen molar-refractivity contribution in [2.45, 2.75) is 32.2 Å². The van der Waals surface area contributed by atoms with Crippen molar-refractivity contribution in [1.82, 2.24) is 0 Å². The Balaban J connectivity index is 1.89. The fourth-order valence-electron chi connectivity index (χ4n) is 2.88. The number of hydrogen-bond donors (Lipinski definition) is 2. The highest BCUT2D eigenvalue weighted by atomic mass is 35.5. The van der Waals surface area contributed by atoms with Gasteiger partial charge in [-0.05, 0) is 67.1 Å². The predicted octanol–water partition coefficient (Wildman–Crippen LogP) is 4.84. The lowest BCUT2D eigenvalue weighted by atomic mass is 9.87. The van der Waals surface area contributed by atoms with Crippen LogP contribution in [0.5, 0.6) is 5.75 Å². The lowest BCUT2D eigenvalue weighted by Crippen LogP contribution is -2.17. The number of fused-ring (bicyclic) bond motifs is 1. The molecule has 0 saturated carbocycles. The standard InChI is InChI=1S/C17H18ClNO/c1-11-5-8-17(15(18)9-11)19-16-4-2-3-12-10-13(20)6-7-14(12)16/h5-10,16,19-20H,2-4H2,1H3. The van der Waals surface area contributed by atoms with Crippen LogP contribution in [-0.4, -0.2) is 5.11 Å². The summed E-state index contributed by atoms with van der Waals surface area (Å²) in [6.07, 6.45) is 3.24. The molecule has 1 atom stereocenters. The van der Waals surface area contributed by atoms with Gasteiger partial charge in [0.15, 0.2) is 0 Å². The summed E-state index contributed by atoms with van der Waals surface area (Å²) in [5.41, 5.74) is 4.64. The molecule has 3 rings (SSSR count). The molecule has 0 heterocycles. The van der Waals surface area contributed by atoms with Gasteiger partial charge in [0.2, 0.25) is 0 Å². The summed E-state index contributed by atoms with van der Waals surface area (Å²) < 4.78 is 0. The van der Waals surface area contributed by atoms with Crippen LogP contribution in [0.15, 0.2) is 36.4 Å². The second-order valence-electron chi connectivity index (χ2n) is 5.46. The molecule has 2 N–H and O–H groups in total. The molecular weight excluding hydrogens is 270 g/mol. The van der Waals surface area contributed by atoms with Gasteiger partial charge in [-0.2, -0.15) is 0 Å². The van der Waals surface area contributed by atoms with E-state index in [0.717, 1.165) is 35.5 Å². The highest BCUT2D eigenvalue weighted by molar-refractivity contribution is 6.33. The summed E-state index contributed by atoms with van der Waals surface area (Å²) in [4.78, 5) is 0. The van der Waals surface area contributed by atoms with E-state index in [2.05, 4.69) is 11.4 Å². The Morgan fingerprint density at radius 1 is 1.20 bits per heavy atom. The minimum atomic E-state index is 0.263. The lowest BCUT2D eigenvalue weighted by Gasteiger charge is -2.27. The van der Waals surface area contributed by atoms with E-state index < -0.39 is 0 Å². The van der Waals surface area contributed by atoms with E-state index in [1.54, 1.807) is 6.07 Å². The summed E-state index contributed by atoms with van der Waals surface area (Å²) in [7, 11) is 0. The zero-order valence-corrected chi connectivity index (χ0v) is 12.2. The second-order valence-corrected chi connectivity index (χ2v) is 5.86. The van der Waals surface area contributed by atoms with Gasteiger partial charge in [-0.25, -0.2) is 0 Å². The summed E-state index contributed by atoms with van der Waals surface area (Å²) >= 11 is 6.30. The van der Waals surface area contributed by atoms with Crippen LogP contribution in [0.2, 0.25) is 5.02 Å². The first-order chi connectivity index (χ1) is 9.63. The summed E-state index contributed by atoms with van der Waals surface area (Å²) in [6.45, 7) is 2.04. The molecule has 0 spiro atoms. The molecule has 0 amide bonds. The maximum absolute atomic E-state index is 9.60. The fraction of sp³-hybridized carbons (Fsp3) is 0.294. The van der Waals surface area contributed by atoms with E-state index >= 15 is 0 Å². The van der Waals surface area contributed by atoms with Gasteiger partial charge in [0.1, 0.15) is 5.75 Å². The number of rotatable bonds is 2. The number of nitrogens with one attached hydrogen (secondary N) is 1. The Morgan fingerprint density at radius 2 is 2.05 bits per heavy atom. The molecule has 0 aliphatic heterocycles. The SMILES string of the molecule is Cc1ccc(NC2CCCc3cc(O)ccc32)c(Cl)c1. The zero-order valence-electron chi connectivity index (χ0n) is 11.5. The molecule has 2 aromatic carbocycles. The minimum absolute atomic E-state index is 0.263. The quantitative estimate of drug-likeness (QED) is 0.828. The highest BCUT2D eigenvalue weighted by Gasteiger charge is 2.20. The maximum atomic E-state index is 9.60. The van der Waals surface area contributed by atoms with Gasteiger partial charge in [0, 0.05) is 0 Å². The number of benzene rings is 2. The Hall–Kier alpha value is -1.67. The first kappa shape index (κ1) is 13.3. The number of aromatic hydroxyl groups is 1. The number of phenols is 1. The topological polar surface area (TPSA) is 32.3 Å². The van der Waals surface area contributed by atoms with Crippen molar-refractivity contribution in [3.05, 3.63) is 58.1 Å². The molecule has 20 heavy (non-hydrogen) atoms. The van der Waals surface area contributed by atoms with Gasteiger partial charge in [-0.15, -0.1) is 0 Å². The van der Waals surface area contributed by atoms with Crippen LogP contribution in [0.1, 0.15) is 35.6 Å². The maximum Gasteiger partial charge on any atom is 0.115 e. The molecule has 0 fully saturated rings. The predicted molar refractivity (Wildman–Crippen MR) is 83.6 cm³/mol. The molecule has 0 saturated heterocycles. The Kier molecular flexibility index (Phi) is 3.58. The minimum Gasteiger partial charge on any atom is -0.508 e. The van der Waals surface area contributed by atoms with Crippen molar-refractivity contribution in [2.75, 3.05) is 5.32 Å². The number of hydrogen-bond acceptors (Lipinski definition) is 2. The van der Waals surface area contributed by atoms with Crippen LogP contribution >= 0.6 is 11.6 Å². The van der Waals surface area contributed by atoms with Gasteiger partial charge in [0.05, 0.1) is 16.8 Å². The largest absolute Gasteiger partial charge is 0.508 e. The van der Waals surface area contributed by atoms with Crippen molar-refractivity contribution in [2.24, 2.45) is 0 Å². The van der Waals surface area contributed by atoms with Crippen molar-refractivity contribution in [3.8, 4) is 5.75 Å². The van der Waals surface area contributed by atoms with Crippen LogP contribution in [0.4, 0.5) is 5.69 Å². The highest BCUT2D eigenvalue weighted by Crippen LogP contribution is 2.36. The first-order valence-electron chi connectivity index (χ1n) is 6.98. The van der Waals surface area contributed by atoms with Gasteiger partial charge < -0.3 is 10.4 Å². The van der Waals surface area contributed by atoms with Crippen molar-refractivity contribution >= 4 is 17.3 Å². The van der Waals surface area contributed by atoms with E-state index in [1.165, 1.54) is 11.1 Å². The van der Waals surface area contributed by atoms with E-state index in [1.807, 2.05) is 31.2 Å². The first-order valence-corrected chi connectivity index (χ1v) is 7.36. The molecule has 3 heteroatoms. The Labute approximate surface area is 124 Å². The molecule has 0 aromatic heterocycles. The second kappa shape index (κ2) is 5.37. The van der Waals surface area contributed by atoms with E-state index in [4.69, 9.17) is 11.6 Å². The van der Waals surface area contributed by atoms with Gasteiger partial charge >= 0.3 is 0 Å². The normalized spacial score (nSPS) is 17.6. The van der Waals surface area contributed by atoms with Gasteiger partial charge in [0.25, 0.3) is 0 Å². The molecule has 0 bridgehead atoms. The van der Waals surface area contributed by atoms with Gasteiger partial charge in [-0.3, -0.25) is 0 Å². The lowest BCUT2D eigenvalue weighted by molar-refractivity contribution is 0.472. The number of phenolic OH excluding ortho intramolecular Hbond substituents is 1. The van der Waals surface area contributed by atoms with Crippen LogP contribution in [0, 0.1) is 6.92 Å². The number of aryl methyl sites for hydroxylation is 2. The average Bonchev–Trinajstić information content (AvgIpc) is 2.41. The molecule has 1 unspecified atom stereocenters. The molecule has 2 nitrogen and oxygen atoms in total. The van der Waals surface area contributed by atoms with Crippen molar-refractivity contribution in [3.63, 3.8) is 0 Å². The number of anilines is 1. The smallest absolute Gasteiger partial charge is 0.115 e. The van der Waals surface area contributed by atoms with E-state index in [0.29, 0.717) is 5.75 Å². The van der Waals surface area contributed by atoms with Crippen molar-refractivity contribution < 1.29 is 5.11 Å². The van der Waals surface area contributed by atoms with Crippen molar-refractivity contribution in [1.29, 1.82) is 0 Å². The molecule has 1 aliphatic carbocycles. The van der Waals surface area contributed by atoms with Crippen LogP contribution in [0.3, 0.4) is 0 Å². The fourth-order valence-corrected chi connectivity index (χ4v) is 3.17. The third-order valence-corrected chi connectivity index (χ3v) is 4.21. The average molecular weight is 288 g/mol. The van der Waals surface area contributed by atoms with Crippen LogP contribution in [-0.2, 0) is 6.42 Å². The number of halogens is 1. The van der Waals surface area contributed by atoms with Gasteiger partial charge in [-0.1, -0.05) is 23.7 Å². The molecule has 104 valence electrons. The third-order valence-electron chi connectivity index (χ3n) is 3.90. The monoisotopic (exact) mass is 287 g/mol. The third kappa shape index (κ3) is 2.61. The van der Waals surface area contributed by atoms with E-state index in [-0.39, 0.29) is 6.04 Å². The summed E-state index contributed by atoms with van der Waals surface area (Å²) in [5, 5.41) is 13.9. The summed E-state index contributed by atoms with van der Waals surface area (Å²) in [6, 6.07) is 12.0. The Morgan fingerprint density at radius 3 is 2.85 bits per heavy atom. The molecule has 2 aromatic rings. The molecule has 0 radical (unpaired) electrons.